The summed E-state index contributed by atoms with van der Waals surface area (Å²) in [7, 11) is 0. The number of carbonyl (C=O) groups is 2. The molecule has 12 heteroatoms. The monoisotopic (exact) mass is 483 g/mol. The average molecular weight is 484 g/mol. The normalized spacial score (nSPS) is 16.0. The molecule has 0 radical (unpaired) electrons. The van der Waals surface area contributed by atoms with Crippen LogP contribution in [0.3, 0.4) is 0 Å². The lowest BCUT2D eigenvalue weighted by Crippen LogP contribution is -2.50. The summed E-state index contributed by atoms with van der Waals surface area (Å²) in [6.45, 7) is 7.39. The standard InChI is InChI=1S/C23H29N7O5/c1-23(2,3)35-22(32)29-12-10-28(11-13-29)19-7-6-17(30(33)34)20(27-19)25-16-8-9-24-18(14-16)26-21(31)15-4-5-15/h6-9,14-15H,4-5,10-13H2,1-3H3,(H2,24,25,26,27,31). The highest BCUT2D eigenvalue weighted by Crippen LogP contribution is 2.31. The molecule has 0 bridgehead atoms. The number of ether oxygens (including phenoxy) is 1. The van der Waals surface area contributed by atoms with Crippen LogP contribution in [0.25, 0.3) is 0 Å². The average Bonchev–Trinajstić information content (AvgIpc) is 3.64. The first-order valence-corrected chi connectivity index (χ1v) is 11.5. The fourth-order valence-electron chi connectivity index (χ4n) is 3.59. The Balaban J connectivity index is 1.46. The molecule has 0 atom stereocenters. The summed E-state index contributed by atoms with van der Waals surface area (Å²) in [6, 6.07) is 6.25. The number of anilines is 4. The van der Waals surface area contributed by atoms with E-state index in [0.29, 0.717) is 43.5 Å². The molecule has 2 aromatic heterocycles. The molecule has 2 N–H and O–H groups in total. The Hall–Kier alpha value is -3.96. The molecule has 1 aliphatic heterocycles. The summed E-state index contributed by atoms with van der Waals surface area (Å²) in [6.07, 6.45) is 2.90. The van der Waals surface area contributed by atoms with Gasteiger partial charge >= 0.3 is 11.8 Å². The van der Waals surface area contributed by atoms with E-state index in [2.05, 4.69) is 20.6 Å². The molecule has 2 aliphatic rings. The highest BCUT2D eigenvalue weighted by Gasteiger charge is 2.30. The third-order valence-electron chi connectivity index (χ3n) is 5.53. The van der Waals surface area contributed by atoms with Crippen LogP contribution in [0.4, 0.5) is 33.6 Å². The van der Waals surface area contributed by atoms with Gasteiger partial charge in [0.2, 0.25) is 11.7 Å². The first-order valence-electron chi connectivity index (χ1n) is 11.5. The van der Waals surface area contributed by atoms with E-state index < -0.39 is 10.5 Å². The van der Waals surface area contributed by atoms with E-state index in [0.717, 1.165) is 12.8 Å². The van der Waals surface area contributed by atoms with Crippen molar-refractivity contribution in [1.29, 1.82) is 0 Å². The number of hydrogen-bond acceptors (Lipinski definition) is 9. The number of amides is 2. The van der Waals surface area contributed by atoms with Crippen LogP contribution in [-0.4, -0.2) is 63.6 Å². The van der Waals surface area contributed by atoms with Gasteiger partial charge in [-0.05, 0) is 45.7 Å². The number of nitrogens with one attached hydrogen (secondary N) is 2. The minimum atomic E-state index is -0.567. The van der Waals surface area contributed by atoms with Crippen LogP contribution >= 0.6 is 0 Å². The van der Waals surface area contributed by atoms with Crippen molar-refractivity contribution in [1.82, 2.24) is 14.9 Å². The molecule has 2 aromatic rings. The summed E-state index contributed by atoms with van der Waals surface area (Å²) >= 11 is 0. The Bertz CT molecular complexity index is 1120. The molecular formula is C23H29N7O5. The maximum atomic E-state index is 12.3. The third kappa shape index (κ3) is 6.34. The van der Waals surface area contributed by atoms with Gasteiger partial charge in [0.05, 0.1) is 4.92 Å². The maximum Gasteiger partial charge on any atom is 0.410 e. The molecule has 0 spiro atoms. The molecule has 35 heavy (non-hydrogen) atoms. The quantitative estimate of drug-likeness (QED) is 0.466. The van der Waals surface area contributed by atoms with Gasteiger partial charge in [0.1, 0.15) is 17.2 Å². The van der Waals surface area contributed by atoms with Gasteiger partial charge in [-0.25, -0.2) is 14.8 Å². The van der Waals surface area contributed by atoms with Crippen LogP contribution in [0.15, 0.2) is 30.5 Å². The topological polar surface area (TPSA) is 143 Å². The highest BCUT2D eigenvalue weighted by atomic mass is 16.6. The summed E-state index contributed by atoms with van der Waals surface area (Å²) in [4.78, 5) is 47.7. The lowest BCUT2D eigenvalue weighted by molar-refractivity contribution is -0.384. The second kappa shape index (κ2) is 9.72. The zero-order valence-corrected chi connectivity index (χ0v) is 20.0. The third-order valence-corrected chi connectivity index (χ3v) is 5.53. The van der Waals surface area contributed by atoms with Crippen molar-refractivity contribution in [2.24, 2.45) is 5.92 Å². The summed E-state index contributed by atoms with van der Waals surface area (Å²) < 4.78 is 5.43. The fraction of sp³-hybridized carbons (Fsp3) is 0.478. The Morgan fingerprint density at radius 1 is 1.14 bits per heavy atom. The molecule has 1 aliphatic carbocycles. The van der Waals surface area contributed by atoms with E-state index in [9.17, 15) is 19.7 Å². The molecular weight excluding hydrogens is 454 g/mol. The summed E-state index contributed by atoms with van der Waals surface area (Å²) in [5.41, 5.74) is -0.238. The lowest BCUT2D eigenvalue weighted by atomic mass is 10.2. The Kier molecular flexibility index (Phi) is 6.72. The minimum absolute atomic E-state index is 0.0311. The van der Waals surface area contributed by atoms with Crippen LogP contribution in [0.1, 0.15) is 33.6 Å². The van der Waals surface area contributed by atoms with Gasteiger partial charge in [-0.2, -0.15) is 0 Å². The molecule has 186 valence electrons. The zero-order chi connectivity index (χ0) is 25.2. The first kappa shape index (κ1) is 24.2. The molecule has 2 amide bonds. The van der Waals surface area contributed by atoms with Gasteiger partial charge in [0, 0.05) is 56.1 Å². The number of piperazine rings is 1. The van der Waals surface area contributed by atoms with E-state index >= 15 is 0 Å². The van der Waals surface area contributed by atoms with Gasteiger partial charge in [-0.3, -0.25) is 14.9 Å². The van der Waals surface area contributed by atoms with E-state index in [1.54, 1.807) is 23.1 Å². The van der Waals surface area contributed by atoms with Crippen molar-refractivity contribution in [2.45, 2.75) is 39.2 Å². The highest BCUT2D eigenvalue weighted by molar-refractivity contribution is 5.93. The van der Waals surface area contributed by atoms with Crippen molar-refractivity contribution in [3.8, 4) is 0 Å². The van der Waals surface area contributed by atoms with E-state index in [1.807, 2.05) is 25.7 Å². The number of aromatic nitrogens is 2. The van der Waals surface area contributed by atoms with Crippen molar-refractivity contribution in [3.63, 3.8) is 0 Å². The van der Waals surface area contributed by atoms with Crippen LogP contribution in [0.5, 0.6) is 0 Å². The number of nitrogens with zero attached hydrogens (tertiary/aromatic N) is 5. The van der Waals surface area contributed by atoms with E-state index in [4.69, 9.17) is 4.74 Å². The zero-order valence-electron chi connectivity index (χ0n) is 20.0. The van der Waals surface area contributed by atoms with Crippen molar-refractivity contribution in [2.75, 3.05) is 41.7 Å². The van der Waals surface area contributed by atoms with Crippen molar-refractivity contribution < 1.29 is 19.2 Å². The Morgan fingerprint density at radius 3 is 2.49 bits per heavy atom. The van der Waals surface area contributed by atoms with Crippen LogP contribution in [0, 0.1) is 16.0 Å². The minimum Gasteiger partial charge on any atom is -0.444 e. The molecule has 12 nitrogen and oxygen atoms in total. The number of hydrogen-bond donors (Lipinski definition) is 2. The van der Waals surface area contributed by atoms with Gasteiger partial charge < -0.3 is 25.2 Å². The van der Waals surface area contributed by atoms with Crippen LogP contribution in [0.2, 0.25) is 0 Å². The number of nitro groups is 1. The number of carbonyl (C=O) groups excluding carboxylic acids is 2. The second-order valence-electron chi connectivity index (χ2n) is 9.57. The number of pyridine rings is 2. The summed E-state index contributed by atoms with van der Waals surface area (Å²) in [5.74, 6) is 0.949. The van der Waals surface area contributed by atoms with Crippen LogP contribution < -0.4 is 15.5 Å². The Morgan fingerprint density at radius 2 is 1.86 bits per heavy atom. The molecule has 3 heterocycles. The Labute approximate surface area is 202 Å². The van der Waals surface area contributed by atoms with Crippen molar-refractivity contribution >= 4 is 40.8 Å². The van der Waals surface area contributed by atoms with Gasteiger partial charge in [0.15, 0.2) is 0 Å². The van der Waals surface area contributed by atoms with Gasteiger partial charge in [-0.1, -0.05) is 0 Å². The smallest absolute Gasteiger partial charge is 0.410 e. The van der Waals surface area contributed by atoms with Crippen molar-refractivity contribution in [3.05, 3.63) is 40.6 Å². The van der Waals surface area contributed by atoms with Gasteiger partial charge in [0.25, 0.3) is 0 Å². The van der Waals surface area contributed by atoms with Gasteiger partial charge in [-0.15, -0.1) is 0 Å². The fourth-order valence-corrected chi connectivity index (χ4v) is 3.59. The van der Waals surface area contributed by atoms with Crippen LogP contribution in [-0.2, 0) is 9.53 Å². The largest absolute Gasteiger partial charge is 0.444 e. The van der Waals surface area contributed by atoms with E-state index in [1.165, 1.54) is 12.3 Å². The molecule has 1 saturated heterocycles. The van der Waals surface area contributed by atoms with E-state index in [-0.39, 0.29) is 29.4 Å². The predicted octanol–water partition coefficient (Wildman–Crippen LogP) is 3.53. The lowest BCUT2D eigenvalue weighted by Gasteiger charge is -2.36. The molecule has 4 rings (SSSR count). The SMILES string of the molecule is CC(C)(C)OC(=O)N1CCN(c2ccc([N+](=O)[O-])c(Nc3ccnc(NC(=O)C4CC4)c3)n2)CC1. The molecule has 0 aromatic carbocycles. The first-order chi connectivity index (χ1) is 16.6. The molecule has 2 fully saturated rings. The number of rotatable bonds is 6. The molecule has 1 saturated carbocycles. The summed E-state index contributed by atoms with van der Waals surface area (Å²) in [5, 5.41) is 17.4. The maximum absolute atomic E-state index is 12.3. The molecule has 0 unspecified atom stereocenters. The predicted molar refractivity (Wildman–Crippen MR) is 130 cm³/mol. The second-order valence-corrected chi connectivity index (χ2v) is 9.57.